The maximum atomic E-state index is 12.1. The van der Waals surface area contributed by atoms with Crippen molar-refractivity contribution in [1.29, 1.82) is 0 Å². The summed E-state index contributed by atoms with van der Waals surface area (Å²) in [7, 11) is 0. The van der Waals surface area contributed by atoms with Crippen LogP contribution in [0.1, 0.15) is 29.4 Å². The van der Waals surface area contributed by atoms with Crippen molar-refractivity contribution < 1.29 is 14.3 Å². The lowest BCUT2D eigenvalue weighted by molar-refractivity contribution is -0.149. The molecule has 1 N–H and O–H groups in total. The summed E-state index contributed by atoms with van der Waals surface area (Å²) in [4.78, 5) is 17.8. The first-order valence-electron chi connectivity index (χ1n) is 6.36. The summed E-state index contributed by atoms with van der Waals surface area (Å²) in [5.74, 6) is -0.143. The largest absolute Gasteiger partial charge is 0.376 e. The molecule has 19 heavy (non-hydrogen) atoms. The number of aromatic nitrogens is 1. The number of carbonyl (C=O) groups is 1. The van der Waals surface area contributed by atoms with Crippen LogP contribution in [0.2, 0.25) is 0 Å². The molecule has 0 radical (unpaired) electrons. The molecule has 1 aliphatic heterocycles. The van der Waals surface area contributed by atoms with Crippen molar-refractivity contribution in [3.8, 4) is 0 Å². The Morgan fingerprint density at radius 3 is 2.68 bits per heavy atom. The van der Waals surface area contributed by atoms with Gasteiger partial charge < -0.3 is 14.8 Å². The third-order valence-corrected chi connectivity index (χ3v) is 4.50. The lowest BCUT2D eigenvalue weighted by atomic mass is 10.1. The van der Waals surface area contributed by atoms with Crippen molar-refractivity contribution in [3.63, 3.8) is 0 Å². The highest BCUT2D eigenvalue weighted by molar-refractivity contribution is 7.11. The van der Waals surface area contributed by atoms with E-state index in [2.05, 4.69) is 10.3 Å². The number of hydrogen-bond donors (Lipinski definition) is 1. The van der Waals surface area contributed by atoms with Gasteiger partial charge in [-0.2, -0.15) is 0 Å². The quantitative estimate of drug-likeness (QED) is 0.914. The highest BCUT2D eigenvalue weighted by atomic mass is 32.1. The summed E-state index contributed by atoms with van der Waals surface area (Å²) in [5.41, 5.74) is 0.515. The van der Waals surface area contributed by atoms with Gasteiger partial charge in [0, 0.05) is 4.88 Å². The number of carbonyl (C=O) groups excluding carboxylic acids is 1. The molecule has 0 saturated carbocycles. The maximum Gasteiger partial charge on any atom is 0.252 e. The fourth-order valence-electron chi connectivity index (χ4n) is 1.82. The van der Waals surface area contributed by atoms with Crippen LogP contribution in [0.3, 0.4) is 0 Å². The summed E-state index contributed by atoms with van der Waals surface area (Å²) < 4.78 is 10.6. The van der Waals surface area contributed by atoms with Crippen molar-refractivity contribution in [1.82, 2.24) is 10.3 Å². The molecule has 0 aromatic carbocycles. The van der Waals surface area contributed by atoms with E-state index in [4.69, 9.17) is 9.47 Å². The van der Waals surface area contributed by atoms with E-state index < -0.39 is 11.6 Å². The molecule has 0 aliphatic carbocycles. The number of amides is 1. The van der Waals surface area contributed by atoms with E-state index in [9.17, 15) is 4.79 Å². The van der Waals surface area contributed by atoms with E-state index in [0.29, 0.717) is 19.8 Å². The van der Waals surface area contributed by atoms with Gasteiger partial charge >= 0.3 is 0 Å². The molecule has 6 heteroatoms. The zero-order valence-corrected chi connectivity index (χ0v) is 12.6. The van der Waals surface area contributed by atoms with Gasteiger partial charge in [-0.05, 0) is 27.7 Å². The van der Waals surface area contributed by atoms with Gasteiger partial charge in [0.15, 0.2) is 6.10 Å². The van der Waals surface area contributed by atoms with Crippen LogP contribution < -0.4 is 5.32 Å². The molecule has 1 amide bonds. The minimum absolute atomic E-state index is 0.143. The Labute approximate surface area is 117 Å². The second-order valence-corrected chi connectivity index (χ2v) is 6.41. The fraction of sp³-hybridized carbons (Fsp3) is 0.692. The Bertz CT molecular complexity index is 445. The number of thiazole rings is 1. The van der Waals surface area contributed by atoms with Gasteiger partial charge in [-0.3, -0.25) is 4.79 Å². The molecule has 1 atom stereocenters. The Balaban J connectivity index is 2.05. The van der Waals surface area contributed by atoms with Gasteiger partial charge in [-0.15, -0.1) is 11.3 Å². The minimum atomic E-state index is -0.518. The highest BCUT2D eigenvalue weighted by Crippen LogP contribution is 2.27. The van der Waals surface area contributed by atoms with Crippen molar-refractivity contribution >= 4 is 17.2 Å². The Kier molecular flexibility index (Phi) is 4.23. The van der Waals surface area contributed by atoms with E-state index in [1.165, 1.54) is 4.88 Å². The molecule has 5 nitrogen and oxygen atoms in total. The molecule has 1 saturated heterocycles. The molecule has 1 aliphatic rings. The van der Waals surface area contributed by atoms with Crippen LogP contribution in [0.4, 0.5) is 0 Å². The molecule has 2 rings (SSSR count). The molecule has 0 spiro atoms. The van der Waals surface area contributed by atoms with Crippen molar-refractivity contribution in [2.45, 2.75) is 39.3 Å². The van der Waals surface area contributed by atoms with Crippen LogP contribution in [0, 0.1) is 13.8 Å². The van der Waals surface area contributed by atoms with Gasteiger partial charge in [-0.1, -0.05) is 0 Å². The molecule has 106 valence electrons. The predicted molar refractivity (Wildman–Crippen MR) is 73.3 cm³/mol. The summed E-state index contributed by atoms with van der Waals surface area (Å²) in [6, 6.07) is 0. The first-order valence-corrected chi connectivity index (χ1v) is 7.17. The third-order valence-electron chi connectivity index (χ3n) is 3.11. The monoisotopic (exact) mass is 284 g/mol. The topological polar surface area (TPSA) is 60.5 Å². The lowest BCUT2D eigenvalue weighted by Gasteiger charge is -2.28. The van der Waals surface area contributed by atoms with E-state index in [-0.39, 0.29) is 5.91 Å². The number of nitrogens with one attached hydrogen (secondary N) is 1. The van der Waals surface area contributed by atoms with E-state index >= 15 is 0 Å². The summed E-state index contributed by atoms with van der Waals surface area (Å²) in [6.07, 6.45) is -0.518. The summed E-state index contributed by atoms with van der Waals surface area (Å²) in [5, 5.41) is 3.90. The Morgan fingerprint density at radius 1 is 1.42 bits per heavy atom. The number of rotatable bonds is 3. The maximum absolute atomic E-state index is 12.1. The molecule has 1 fully saturated rings. The molecule has 0 bridgehead atoms. The second-order valence-electron chi connectivity index (χ2n) is 5.21. The molecule has 1 aromatic heterocycles. The fourth-order valence-corrected chi connectivity index (χ4v) is 2.79. The first kappa shape index (κ1) is 14.4. The van der Waals surface area contributed by atoms with Crippen molar-refractivity contribution in [2.75, 3.05) is 19.8 Å². The Morgan fingerprint density at radius 2 is 2.16 bits per heavy atom. The highest BCUT2D eigenvalue weighted by Gasteiger charge is 2.31. The summed E-state index contributed by atoms with van der Waals surface area (Å²) >= 11 is 1.61. The zero-order valence-electron chi connectivity index (χ0n) is 11.8. The average Bonchev–Trinajstić information content (AvgIpc) is 2.71. The summed E-state index contributed by atoms with van der Waals surface area (Å²) in [6.45, 7) is 9.25. The minimum Gasteiger partial charge on any atom is -0.376 e. The van der Waals surface area contributed by atoms with Gasteiger partial charge in [0.2, 0.25) is 0 Å². The van der Waals surface area contributed by atoms with Gasteiger partial charge in [0.1, 0.15) is 5.01 Å². The van der Waals surface area contributed by atoms with Crippen LogP contribution in [0.25, 0.3) is 0 Å². The van der Waals surface area contributed by atoms with Gasteiger partial charge in [-0.25, -0.2) is 4.98 Å². The molecular formula is C13H20N2O3S. The van der Waals surface area contributed by atoms with E-state index in [1.54, 1.807) is 11.3 Å². The molecule has 1 aromatic rings. The molecular weight excluding hydrogens is 264 g/mol. The van der Waals surface area contributed by atoms with Crippen LogP contribution in [-0.4, -0.2) is 36.8 Å². The second kappa shape index (κ2) is 5.56. The number of aryl methyl sites for hydroxylation is 2. The first-order chi connectivity index (χ1) is 8.90. The number of hydrogen-bond acceptors (Lipinski definition) is 5. The lowest BCUT2D eigenvalue weighted by Crippen LogP contribution is -2.49. The zero-order chi connectivity index (χ0) is 14.0. The average molecular weight is 284 g/mol. The van der Waals surface area contributed by atoms with Crippen LogP contribution in [0.5, 0.6) is 0 Å². The Hall–Kier alpha value is -0.980. The van der Waals surface area contributed by atoms with Crippen LogP contribution >= 0.6 is 11.3 Å². The normalized spacial score (nSPS) is 20.3. The van der Waals surface area contributed by atoms with Gasteiger partial charge in [0.05, 0.1) is 31.1 Å². The number of nitrogens with zero attached hydrogens (tertiary/aromatic N) is 1. The predicted octanol–water partition coefficient (Wildman–Crippen LogP) is 1.53. The molecule has 2 heterocycles. The van der Waals surface area contributed by atoms with Gasteiger partial charge in [0.25, 0.3) is 5.91 Å². The smallest absolute Gasteiger partial charge is 0.252 e. The van der Waals surface area contributed by atoms with Crippen LogP contribution in [-0.2, 0) is 19.8 Å². The van der Waals surface area contributed by atoms with Crippen LogP contribution in [0.15, 0.2) is 0 Å². The van der Waals surface area contributed by atoms with Crippen molar-refractivity contribution in [3.05, 3.63) is 15.6 Å². The molecule has 0 unspecified atom stereocenters. The standard InChI is InChI=1S/C13H20N2O3S/c1-8-9(2)19-12(14-8)13(3,4)15-11(16)10-7-17-5-6-18-10/h10H,5-7H2,1-4H3,(H,15,16)/t10-/m1/s1. The van der Waals surface area contributed by atoms with E-state index in [1.807, 2.05) is 27.7 Å². The van der Waals surface area contributed by atoms with Crippen molar-refractivity contribution in [2.24, 2.45) is 0 Å². The van der Waals surface area contributed by atoms with E-state index in [0.717, 1.165) is 10.7 Å². The SMILES string of the molecule is Cc1nc(C(C)(C)NC(=O)[C@H]2COCCO2)sc1C. The third kappa shape index (κ3) is 3.32. The number of ether oxygens (including phenoxy) is 2.